The molecule has 2 aliphatic rings. The quantitative estimate of drug-likeness (QED) is 0.727. The molecule has 0 aromatic rings. The van der Waals surface area contributed by atoms with Gasteiger partial charge in [-0.1, -0.05) is 13.8 Å². The molecule has 2 fully saturated rings. The molecule has 0 radical (unpaired) electrons. The van der Waals surface area contributed by atoms with Gasteiger partial charge in [-0.25, -0.2) is 0 Å². The fraction of sp³-hybridized carbons (Fsp3) is 0.917. The average molecular weight is 226 g/mol. The number of hydrogen-bond donors (Lipinski definition) is 2. The number of rotatable bonds is 2. The molecule has 0 bridgehead atoms. The predicted octanol–water partition coefficient (Wildman–Crippen LogP) is 0.670. The first-order chi connectivity index (χ1) is 7.61. The Kier molecular flexibility index (Phi) is 3.50. The summed E-state index contributed by atoms with van der Waals surface area (Å²) in [6.07, 6.45) is 3.12. The van der Waals surface area contributed by atoms with Crippen LogP contribution in [-0.2, 0) is 9.53 Å². The Bertz CT molecular complexity index is 260. The lowest BCUT2D eigenvalue weighted by Gasteiger charge is -2.32. The van der Waals surface area contributed by atoms with Crippen LogP contribution >= 0.6 is 0 Å². The van der Waals surface area contributed by atoms with Crippen LogP contribution in [0.2, 0.25) is 0 Å². The van der Waals surface area contributed by atoms with E-state index < -0.39 is 0 Å². The maximum Gasteiger partial charge on any atom is 0.222 e. The lowest BCUT2D eigenvalue weighted by atomic mass is 9.88. The highest BCUT2D eigenvalue weighted by molar-refractivity contribution is 5.78. The van der Waals surface area contributed by atoms with Crippen LogP contribution in [-0.4, -0.2) is 37.2 Å². The van der Waals surface area contributed by atoms with Crippen molar-refractivity contribution in [2.45, 2.75) is 44.8 Å². The van der Waals surface area contributed by atoms with Gasteiger partial charge in [-0.2, -0.15) is 0 Å². The minimum atomic E-state index is 0.0418. The van der Waals surface area contributed by atoms with E-state index in [2.05, 4.69) is 10.6 Å². The Morgan fingerprint density at radius 1 is 1.44 bits per heavy atom. The van der Waals surface area contributed by atoms with E-state index in [-0.39, 0.29) is 23.5 Å². The van der Waals surface area contributed by atoms with Gasteiger partial charge in [0.2, 0.25) is 5.91 Å². The lowest BCUT2D eigenvalue weighted by Crippen LogP contribution is -2.43. The van der Waals surface area contributed by atoms with Crippen LogP contribution in [0.1, 0.15) is 33.1 Å². The summed E-state index contributed by atoms with van der Waals surface area (Å²) in [5.41, 5.74) is 0.0418. The van der Waals surface area contributed by atoms with Crippen molar-refractivity contribution in [1.29, 1.82) is 0 Å². The van der Waals surface area contributed by atoms with E-state index in [1.807, 2.05) is 13.8 Å². The summed E-state index contributed by atoms with van der Waals surface area (Å²) >= 11 is 0. The van der Waals surface area contributed by atoms with Crippen LogP contribution in [0.15, 0.2) is 0 Å². The Morgan fingerprint density at radius 2 is 2.12 bits per heavy atom. The van der Waals surface area contributed by atoms with E-state index in [1.54, 1.807) is 0 Å². The summed E-state index contributed by atoms with van der Waals surface area (Å²) in [4.78, 5) is 11.6. The van der Waals surface area contributed by atoms with E-state index in [4.69, 9.17) is 4.74 Å². The zero-order valence-corrected chi connectivity index (χ0v) is 10.2. The second-order valence-electron chi connectivity index (χ2n) is 5.31. The van der Waals surface area contributed by atoms with Gasteiger partial charge in [0.25, 0.3) is 0 Å². The number of ether oxygens (including phenoxy) is 1. The fourth-order valence-electron chi connectivity index (χ4n) is 2.54. The monoisotopic (exact) mass is 226 g/mol. The molecule has 2 saturated heterocycles. The van der Waals surface area contributed by atoms with Gasteiger partial charge >= 0.3 is 0 Å². The van der Waals surface area contributed by atoms with Gasteiger partial charge in [-0.05, 0) is 32.4 Å². The Balaban J connectivity index is 1.85. The van der Waals surface area contributed by atoms with Gasteiger partial charge in [0.1, 0.15) is 0 Å². The van der Waals surface area contributed by atoms with Crippen LogP contribution in [0.5, 0.6) is 0 Å². The van der Waals surface area contributed by atoms with Gasteiger partial charge in [-0.15, -0.1) is 0 Å². The molecule has 1 amide bonds. The van der Waals surface area contributed by atoms with Crippen LogP contribution in [0, 0.1) is 5.92 Å². The zero-order chi connectivity index (χ0) is 11.6. The molecule has 2 N–H and O–H groups in total. The summed E-state index contributed by atoms with van der Waals surface area (Å²) < 4.78 is 5.92. The maximum atomic E-state index is 11.6. The van der Waals surface area contributed by atoms with E-state index >= 15 is 0 Å². The summed E-state index contributed by atoms with van der Waals surface area (Å²) in [5, 5.41) is 6.41. The summed E-state index contributed by atoms with van der Waals surface area (Å²) in [5.74, 6) is 0.198. The van der Waals surface area contributed by atoms with Gasteiger partial charge in [0.15, 0.2) is 0 Å². The van der Waals surface area contributed by atoms with Crippen molar-refractivity contribution < 1.29 is 9.53 Å². The molecular weight excluding hydrogens is 204 g/mol. The van der Waals surface area contributed by atoms with Crippen molar-refractivity contribution in [3.63, 3.8) is 0 Å². The lowest BCUT2D eigenvalue weighted by molar-refractivity contribution is -0.124. The maximum absolute atomic E-state index is 11.6. The number of carbonyl (C=O) groups excluding carboxylic acids is 1. The van der Waals surface area contributed by atoms with Gasteiger partial charge < -0.3 is 15.4 Å². The molecule has 2 aliphatic heterocycles. The average Bonchev–Trinajstić information content (AvgIpc) is 2.62. The SMILES string of the molecule is CC(C)C(=O)NC1COC2(CCNCC2)C1. The minimum Gasteiger partial charge on any atom is -0.373 e. The number of amides is 1. The molecule has 1 unspecified atom stereocenters. The standard InChI is InChI=1S/C12H22N2O2/c1-9(2)11(15)14-10-7-12(16-8-10)3-5-13-6-4-12/h9-10,13H,3-8H2,1-2H3,(H,14,15). The predicted molar refractivity (Wildman–Crippen MR) is 62.2 cm³/mol. The number of piperidine rings is 1. The van der Waals surface area contributed by atoms with Crippen molar-refractivity contribution >= 4 is 5.91 Å². The highest BCUT2D eigenvalue weighted by atomic mass is 16.5. The van der Waals surface area contributed by atoms with Crippen LogP contribution in [0.4, 0.5) is 0 Å². The highest BCUT2D eigenvalue weighted by Crippen LogP contribution is 2.33. The molecule has 2 rings (SSSR count). The number of hydrogen-bond acceptors (Lipinski definition) is 3. The molecule has 1 spiro atoms. The highest BCUT2D eigenvalue weighted by Gasteiger charge is 2.41. The molecule has 0 saturated carbocycles. The molecule has 4 nitrogen and oxygen atoms in total. The third kappa shape index (κ3) is 2.55. The largest absolute Gasteiger partial charge is 0.373 e. The molecule has 92 valence electrons. The molecular formula is C12H22N2O2. The summed E-state index contributed by atoms with van der Waals surface area (Å²) in [6.45, 7) is 6.59. The minimum absolute atomic E-state index is 0.0418. The fourth-order valence-corrected chi connectivity index (χ4v) is 2.54. The second-order valence-corrected chi connectivity index (χ2v) is 5.31. The van der Waals surface area contributed by atoms with Crippen LogP contribution in [0.25, 0.3) is 0 Å². The van der Waals surface area contributed by atoms with Gasteiger partial charge in [0.05, 0.1) is 18.2 Å². The Morgan fingerprint density at radius 3 is 2.75 bits per heavy atom. The first kappa shape index (κ1) is 11.9. The van der Waals surface area contributed by atoms with Crippen molar-refractivity contribution in [2.24, 2.45) is 5.92 Å². The van der Waals surface area contributed by atoms with Crippen molar-refractivity contribution in [3.05, 3.63) is 0 Å². The van der Waals surface area contributed by atoms with Gasteiger partial charge in [0, 0.05) is 5.92 Å². The van der Waals surface area contributed by atoms with E-state index in [1.165, 1.54) is 0 Å². The first-order valence-corrected chi connectivity index (χ1v) is 6.26. The third-order valence-electron chi connectivity index (χ3n) is 3.59. The summed E-state index contributed by atoms with van der Waals surface area (Å²) in [6, 6.07) is 0.216. The second kappa shape index (κ2) is 4.72. The molecule has 2 heterocycles. The van der Waals surface area contributed by atoms with Crippen molar-refractivity contribution in [1.82, 2.24) is 10.6 Å². The van der Waals surface area contributed by atoms with E-state index in [9.17, 15) is 4.79 Å². The van der Waals surface area contributed by atoms with Crippen LogP contribution < -0.4 is 10.6 Å². The molecule has 4 heteroatoms. The molecule has 0 aliphatic carbocycles. The topological polar surface area (TPSA) is 50.4 Å². The van der Waals surface area contributed by atoms with Crippen molar-refractivity contribution in [2.75, 3.05) is 19.7 Å². The number of nitrogens with one attached hydrogen (secondary N) is 2. The zero-order valence-electron chi connectivity index (χ0n) is 10.2. The van der Waals surface area contributed by atoms with Crippen molar-refractivity contribution in [3.8, 4) is 0 Å². The smallest absolute Gasteiger partial charge is 0.222 e. The van der Waals surface area contributed by atoms with E-state index in [0.29, 0.717) is 6.61 Å². The first-order valence-electron chi connectivity index (χ1n) is 6.26. The molecule has 1 atom stereocenters. The molecule has 0 aromatic heterocycles. The Hall–Kier alpha value is -0.610. The van der Waals surface area contributed by atoms with E-state index in [0.717, 1.165) is 32.4 Å². The normalized spacial score (nSPS) is 28.6. The van der Waals surface area contributed by atoms with Crippen LogP contribution in [0.3, 0.4) is 0 Å². The summed E-state index contributed by atoms with van der Waals surface area (Å²) in [7, 11) is 0. The molecule has 16 heavy (non-hydrogen) atoms. The third-order valence-corrected chi connectivity index (χ3v) is 3.59. The molecule has 0 aromatic carbocycles. The van der Waals surface area contributed by atoms with Gasteiger partial charge in [-0.3, -0.25) is 4.79 Å². The Labute approximate surface area is 97.1 Å². The number of carbonyl (C=O) groups is 1.